The SMILES string of the molecule is CC(C)(C)OC(=O)Cn1c(=O)n(CC(=O)OC(C)(C)C)c2cc(Cl)ccc21. The predicted octanol–water partition coefficient (Wildman–Crippen LogP) is 3.14. The third-order valence-electron chi connectivity index (χ3n) is 3.40. The fourth-order valence-corrected chi connectivity index (χ4v) is 2.77. The summed E-state index contributed by atoms with van der Waals surface area (Å²) in [6, 6.07) is 4.83. The number of carbonyl (C=O) groups excluding carboxylic acids is 2. The van der Waals surface area contributed by atoms with E-state index in [0.29, 0.717) is 16.1 Å². The summed E-state index contributed by atoms with van der Waals surface area (Å²) in [4.78, 5) is 37.3. The summed E-state index contributed by atoms with van der Waals surface area (Å²) in [7, 11) is 0. The average molecular weight is 397 g/mol. The first-order chi connectivity index (χ1) is 12.3. The lowest BCUT2D eigenvalue weighted by molar-refractivity contribution is -0.156. The van der Waals surface area contributed by atoms with Crippen molar-refractivity contribution in [2.24, 2.45) is 0 Å². The maximum absolute atomic E-state index is 12.9. The van der Waals surface area contributed by atoms with Gasteiger partial charge in [-0.1, -0.05) is 11.6 Å². The van der Waals surface area contributed by atoms with Gasteiger partial charge >= 0.3 is 17.6 Å². The number of rotatable bonds is 4. The van der Waals surface area contributed by atoms with E-state index >= 15 is 0 Å². The summed E-state index contributed by atoms with van der Waals surface area (Å²) in [5, 5.41) is 0.412. The molecular weight excluding hydrogens is 372 g/mol. The van der Waals surface area contributed by atoms with E-state index in [9.17, 15) is 14.4 Å². The average Bonchev–Trinajstić information content (AvgIpc) is 2.68. The van der Waals surface area contributed by atoms with E-state index in [2.05, 4.69) is 0 Å². The topological polar surface area (TPSA) is 79.5 Å². The zero-order valence-electron chi connectivity index (χ0n) is 16.5. The van der Waals surface area contributed by atoms with Gasteiger partial charge in [-0.05, 0) is 59.7 Å². The smallest absolute Gasteiger partial charge is 0.330 e. The molecule has 0 aliphatic carbocycles. The summed E-state index contributed by atoms with van der Waals surface area (Å²) < 4.78 is 13.1. The zero-order chi connectivity index (χ0) is 20.6. The van der Waals surface area contributed by atoms with Crippen LogP contribution in [0.1, 0.15) is 41.5 Å². The molecule has 0 N–H and O–H groups in total. The van der Waals surface area contributed by atoms with E-state index in [0.717, 1.165) is 0 Å². The molecule has 0 aliphatic heterocycles. The number of carbonyl (C=O) groups is 2. The minimum Gasteiger partial charge on any atom is -0.459 e. The van der Waals surface area contributed by atoms with Crippen LogP contribution in [-0.2, 0) is 32.2 Å². The Morgan fingerprint density at radius 1 is 0.889 bits per heavy atom. The van der Waals surface area contributed by atoms with E-state index in [-0.39, 0.29) is 13.1 Å². The second kappa shape index (κ2) is 7.38. The highest BCUT2D eigenvalue weighted by atomic mass is 35.5. The molecule has 7 nitrogen and oxygen atoms in total. The number of hydrogen-bond donors (Lipinski definition) is 0. The van der Waals surface area contributed by atoms with Gasteiger partial charge in [0.15, 0.2) is 0 Å². The van der Waals surface area contributed by atoms with Crippen LogP contribution in [-0.4, -0.2) is 32.3 Å². The Kier molecular flexibility index (Phi) is 5.75. The minimum absolute atomic E-state index is 0.268. The molecule has 0 unspecified atom stereocenters. The standard InChI is InChI=1S/C19H25ClN2O5/c1-18(2,3)26-15(23)10-21-13-8-7-12(20)9-14(13)22(17(21)25)11-16(24)27-19(4,5)6/h7-9H,10-11H2,1-6H3. The van der Waals surface area contributed by atoms with Crippen LogP contribution in [0.15, 0.2) is 23.0 Å². The first kappa shape index (κ1) is 21.0. The van der Waals surface area contributed by atoms with E-state index in [1.165, 1.54) is 9.13 Å². The second-order valence-electron chi connectivity index (χ2n) is 8.26. The monoisotopic (exact) mass is 396 g/mol. The number of aromatic nitrogens is 2. The first-order valence-electron chi connectivity index (χ1n) is 8.59. The normalized spacial score (nSPS) is 12.3. The largest absolute Gasteiger partial charge is 0.459 e. The molecule has 0 fully saturated rings. The lowest BCUT2D eigenvalue weighted by Crippen LogP contribution is -2.33. The minimum atomic E-state index is -0.673. The van der Waals surface area contributed by atoms with Crippen molar-refractivity contribution < 1.29 is 19.1 Å². The molecule has 27 heavy (non-hydrogen) atoms. The lowest BCUT2D eigenvalue weighted by Gasteiger charge is -2.19. The van der Waals surface area contributed by atoms with E-state index in [1.54, 1.807) is 59.7 Å². The van der Waals surface area contributed by atoms with Gasteiger partial charge < -0.3 is 9.47 Å². The Morgan fingerprint density at radius 3 is 1.78 bits per heavy atom. The van der Waals surface area contributed by atoms with Crippen LogP contribution in [0.2, 0.25) is 5.02 Å². The van der Waals surface area contributed by atoms with E-state index < -0.39 is 28.8 Å². The molecule has 1 heterocycles. The van der Waals surface area contributed by atoms with Crippen LogP contribution in [0.5, 0.6) is 0 Å². The highest BCUT2D eigenvalue weighted by Crippen LogP contribution is 2.20. The van der Waals surface area contributed by atoms with E-state index in [4.69, 9.17) is 21.1 Å². The molecule has 0 bridgehead atoms. The fourth-order valence-electron chi connectivity index (χ4n) is 2.60. The van der Waals surface area contributed by atoms with Gasteiger partial charge in [-0.3, -0.25) is 18.7 Å². The van der Waals surface area contributed by atoms with Gasteiger partial charge in [-0.2, -0.15) is 0 Å². The first-order valence-corrected chi connectivity index (χ1v) is 8.97. The number of hydrogen-bond acceptors (Lipinski definition) is 5. The molecule has 0 atom stereocenters. The summed E-state index contributed by atoms with van der Waals surface area (Å²) >= 11 is 6.06. The number of esters is 2. The van der Waals surface area contributed by atoms with Crippen LogP contribution in [0.4, 0.5) is 0 Å². The summed E-state index contributed by atoms with van der Waals surface area (Å²) in [5.74, 6) is -1.10. The van der Waals surface area contributed by atoms with Crippen molar-refractivity contribution in [2.75, 3.05) is 0 Å². The number of halogens is 1. The molecular formula is C19H25ClN2O5. The Hall–Kier alpha value is -2.28. The molecule has 2 aromatic rings. The van der Waals surface area contributed by atoms with Crippen molar-refractivity contribution in [3.05, 3.63) is 33.7 Å². The molecule has 8 heteroatoms. The van der Waals surface area contributed by atoms with Gasteiger partial charge in [0.05, 0.1) is 11.0 Å². The van der Waals surface area contributed by atoms with Gasteiger partial charge in [0.25, 0.3) is 0 Å². The zero-order valence-corrected chi connectivity index (χ0v) is 17.2. The van der Waals surface area contributed by atoms with Gasteiger partial charge in [0, 0.05) is 5.02 Å². The Balaban J connectivity index is 2.45. The molecule has 0 spiro atoms. The number of imidazole rings is 1. The summed E-state index contributed by atoms with van der Waals surface area (Å²) in [5.41, 5.74) is -0.920. The van der Waals surface area contributed by atoms with Gasteiger partial charge in [-0.25, -0.2) is 4.79 Å². The third kappa shape index (κ3) is 5.60. The molecule has 0 radical (unpaired) electrons. The molecule has 0 saturated carbocycles. The molecule has 1 aromatic heterocycles. The van der Waals surface area contributed by atoms with Crippen LogP contribution < -0.4 is 5.69 Å². The Labute approximate surface area is 162 Å². The number of nitrogens with zero attached hydrogens (tertiary/aromatic N) is 2. The van der Waals surface area contributed by atoms with Gasteiger partial charge in [-0.15, -0.1) is 0 Å². The molecule has 1 aromatic carbocycles. The van der Waals surface area contributed by atoms with Crippen LogP contribution >= 0.6 is 11.6 Å². The van der Waals surface area contributed by atoms with Gasteiger partial charge in [0.2, 0.25) is 0 Å². The van der Waals surface area contributed by atoms with Crippen LogP contribution in [0.3, 0.4) is 0 Å². The summed E-state index contributed by atoms with van der Waals surface area (Å²) in [6.45, 7) is 9.94. The molecule has 2 rings (SSSR count). The number of benzene rings is 1. The maximum Gasteiger partial charge on any atom is 0.330 e. The van der Waals surface area contributed by atoms with Crippen molar-refractivity contribution in [3.63, 3.8) is 0 Å². The van der Waals surface area contributed by atoms with Crippen molar-refractivity contribution in [2.45, 2.75) is 65.8 Å². The van der Waals surface area contributed by atoms with Crippen LogP contribution in [0, 0.1) is 0 Å². The molecule has 0 amide bonds. The molecule has 0 aliphatic rings. The highest BCUT2D eigenvalue weighted by molar-refractivity contribution is 6.31. The second-order valence-corrected chi connectivity index (χ2v) is 8.70. The maximum atomic E-state index is 12.9. The van der Waals surface area contributed by atoms with E-state index in [1.807, 2.05) is 0 Å². The molecule has 0 saturated heterocycles. The number of ether oxygens (including phenoxy) is 2. The quantitative estimate of drug-likeness (QED) is 0.742. The summed E-state index contributed by atoms with van der Waals surface area (Å²) in [6.07, 6.45) is 0. The van der Waals surface area contributed by atoms with Crippen molar-refractivity contribution in [1.82, 2.24) is 9.13 Å². The predicted molar refractivity (Wildman–Crippen MR) is 103 cm³/mol. The Bertz CT molecular complexity index is 928. The van der Waals surface area contributed by atoms with Crippen LogP contribution in [0.25, 0.3) is 11.0 Å². The number of fused-ring (bicyclic) bond motifs is 1. The third-order valence-corrected chi connectivity index (χ3v) is 3.63. The van der Waals surface area contributed by atoms with Crippen molar-refractivity contribution in [3.8, 4) is 0 Å². The fraction of sp³-hybridized carbons (Fsp3) is 0.526. The molecule has 148 valence electrons. The highest BCUT2D eigenvalue weighted by Gasteiger charge is 2.23. The van der Waals surface area contributed by atoms with Gasteiger partial charge in [0.1, 0.15) is 24.3 Å². The van der Waals surface area contributed by atoms with Crippen molar-refractivity contribution >= 4 is 34.6 Å². The Morgan fingerprint density at radius 2 is 1.33 bits per heavy atom. The lowest BCUT2D eigenvalue weighted by atomic mass is 10.2. The van der Waals surface area contributed by atoms with Crippen molar-refractivity contribution in [1.29, 1.82) is 0 Å².